The highest BCUT2D eigenvalue weighted by Crippen LogP contribution is 2.28. The molecule has 0 aromatic heterocycles. The largest absolute Gasteiger partial charge is 0.492 e. The lowest BCUT2D eigenvalue weighted by molar-refractivity contribution is -0.121. The highest BCUT2D eigenvalue weighted by atomic mass is 35.5. The Bertz CT molecular complexity index is 651. The maximum atomic E-state index is 12.7. The van der Waals surface area contributed by atoms with Crippen LogP contribution in [0.1, 0.15) is 13.8 Å². The molecular formula is C15H23ClN2O5S. The number of rotatable bonds is 10. The molecule has 9 heteroatoms. The molecule has 0 atom stereocenters. The van der Waals surface area contributed by atoms with Crippen molar-refractivity contribution in [3.63, 3.8) is 0 Å². The van der Waals surface area contributed by atoms with Gasteiger partial charge in [-0.2, -0.15) is 4.31 Å². The average Bonchev–Trinajstić information content (AvgIpc) is 2.54. The minimum Gasteiger partial charge on any atom is -0.492 e. The Hall–Kier alpha value is -1.35. The SMILES string of the molecule is CCOc1ccc(S(=O)(=O)N(CC)CC(=O)NCCOC)cc1Cl. The fourth-order valence-corrected chi connectivity index (χ4v) is 3.67. The van der Waals surface area contributed by atoms with E-state index in [1.807, 2.05) is 6.92 Å². The maximum Gasteiger partial charge on any atom is 0.243 e. The highest BCUT2D eigenvalue weighted by Gasteiger charge is 2.26. The second kappa shape index (κ2) is 9.83. The van der Waals surface area contributed by atoms with Gasteiger partial charge in [-0.05, 0) is 25.1 Å². The van der Waals surface area contributed by atoms with Crippen LogP contribution in [0.2, 0.25) is 5.02 Å². The summed E-state index contributed by atoms with van der Waals surface area (Å²) in [6, 6.07) is 4.25. The van der Waals surface area contributed by atoms with Gasteiger partial charge in [0.1, 0.15) is 5.75 Å². The minimum atomic E-state index is -3.83. The molecule has 0 saturated heterocycles. The Morgan fingerprint density at radius 1 is 1.33 bits per heavy atom. The van der Waals surface area contributed by atoms with E-state index in [0.29, 0.717) is 25.5 Å². The van der Waals surface area contributed by atoms with Crippen molar-refractivity contribution in [3.8, 4) is 5.75 Å². The van der Waals surface area contributed by atoms with Gasteiger partial charge < -0.3 is 14.8 Å². The minimum absolute atomic E-state index is 0.0162. The number of amides is 1. The lowest BCUT2D eigenvalue weighted by atomic mass is 10.3. The molecule has 1 aromatic rings. The number of hydrogen-bond donors (Lipinski definition) is 1. The van der Waals surface area contributed by atoms with E-state index >= 15 is 0 Å². The smallest absolute Gasteiger partial charge is 0.243 e. The zero-order valence-electron chi connectivity index (χ0n) is 14.0. The van der Waals surface area contributed by atoms with Crippen LogP contribution in [-0.4, -0.2) is 58.6 Å². The zero-order valence-corrected chi connectivity index (χ0v) is 15.6. The lowest BCUT2D eigenvalue weighted by Gasteiger charge is -2.20. The summed E-state index contributed by atoms with van der Waals surface area (Å²) in [6.45, 7) is 4.46. The van der Waals surface area contributed by atoms with E-state index in [1.165, 1.54) is 25.3 Å². The topological polar surface area (TPSA) is 84.9 Å². The van der Waals surface area contributed by atoms with Crippen LogP contribution in [0.15, 0.2) is 23.1 Å². The van der Waals surface area contributed by atoms with Gasteiger partial charge in [-0.25, -0.2) is 8.42 Å². The molecule has 7 nitrogen and oxygen atoms in total. The molecule has 0 aliphatic carbocycles. The summed E-state index contributed by atoms with van der Waals surface area (Å²) in [5.74, 6) is 0.0213. The van der Waals surface area contributed by atoms with Gasteiger partial charge in [-0.3, -0.25) is 4.79 Å². The summed E-state index contributed by atoms with van der Waals surface area (Å²) >= 11 is 6.05. The van der Waals surface area contributed by atoms with Crippen molar-refractivity contribution in [1.82, 2.24) is 9.62 Å². The van der Waals surface area contributed by atoms with Gasteiger partial charge in [0.15, 0.2) is 0 Å². The van der Waals surface area contributed by atoms with Gasteiger partial charge in [0.25, 0.3) is 0 Å². The lowest BCUT2D eigenvalue weighted by Crippen LogP contribution is -2.41. The average molecular weight is 379 g/mol. The van der Waals surface area contributed by atoms with Gasteiger partial charge >= 0.3 is 0 Å². The van der Waals surface area contributed by atoms with Crippen molar-refractivity contribution in [3.05, 3.63) is 23.2 Å². The number of carbonyl (C=O) groups excluding carboxylic acids is 1. The van der Waals surface area contributed by atoms with Crippen LogP contribution < -0.4 is 10.1 Å². The molecule has 1 amide bonds. The molecule has 0 fully saturated rings. The molecule has 0 bridgehead atoms. The van der Waals surface area contributed by atoms with Crippen molar-refractivity contribution >= 4 is 27.5 Å². The second-order valence-electron chi connectivity index (χ2n) is 4.80. The first-order valence-corrected chi connectivity index (χ1v) is 9.36. The van der Waals surface area contributed by atoms with Crippen LogP contribution in [0.4, 0.5) is 0 Å². The van der Waals surface area contributed by atoms with E-state index in [4.69, 9.17) is 21.1 Å². The summed E-state index contributed by atoms with van der Waals surface area (Å²) < 4.78 is 36.6. The third-order valence-electron chi connectivity index (χ3n) is 3.14. The monoisotopic (exact) mass is 378 g/mol. The fraction of sp³-hybridized carbons (Fsp3) is 0.533. The molecule has 24 heavy (non-hydrogen) atoms. The molecular weight excluding hydrogens is 356 g/mol. The number of ether oxygens (including phenoxy) is 2. The first-order chi connectivity index (χ1) is 11.4. The number of nitrogens with one attached hydrogen (secondary N) is 1. The van der Waals surface area contributed by atoms with E-state index in [-0.39, 0.29) is 23.0 Å². The van der Waals surface area contributed by atoms with E-state index in [2.05, 4.69) is 5.32 Å². The second-order valence-corrected chi connectivity index (χ2v) is 7.14. The van der Waals surface area contributed by atoms with Gasteiger partial charge in [0, 0.05) is 20.2 Å². The fourth-order valence-electron chi connectivity index (χ4n) is 1.94. The number of methoxy groups -OCH3 is 1. The molecule has 0 unspecified atom stereocenters. The van der Waals surface area contributed by atoms with E-state index in [1.54, 1.807) is 6.92 Å². The molecule has 136 valence electrons. The van der Waals surface area contributed by atoms with Crippen LogP contribution in [0, 0.1) is 0 Å². The molecule has 0 aliphatic rings. The number of likely N-dealkylation sites (N-methyl/N-ethyl adjacent to an activating group) is 1. The number of benzene rings is 1. The van der Waals surface area contributed by atoms with Gasteiger partial charge in [0.05, 0.1) is 29.7 Å². The Balaban J connectivity index is 2.91. The van der Waals surface area contributed by atoms with Gasteiger partial charge in [0.2, 0.25) is 15.9 Å². The Morgan fingerprint density at radius 2 is 2.04 bits per heavy atom. The Morgan fingerprint density at radius 3 is 2.58 bits per heavy atom. The van der Waals surface area contributed by atoms with E-state index in [0.717, 1.165) is 4.31 Å². The predicted molar refractivity (Wildman–Crippen MR) is 91.9 cm³/mol. The molecule has 0 spiro atoms. The van der Waals surface area contributed by atoms with Crippen LogP contribution in [0.25, 0.3) is 0 Å². The van der Waals surface area contributed by atoms with Crippen molar-refractivity contribution in [2.45, 2.75) is 18.7 Å². The number of carbonyl (C=O) groups is 1. The summed E-state index contributed by atoms with van der Waals surface area (Å²) in [7, 11) is -2.31. The summed E-state index contributed by atoms with van der Waals surface area (Å²) in [5.41, 5.74) is 0. The van der Waals surface area contributed by atoms with Crippen molar-refractivity contribution in [2.24, 2.45) is 0 Å². The maximum absolute atomic E-state index is 12.7. The summed E-state index contributed by atoms with van der Waals surface area (Å²) in [6.07, 6.45) is 0. The third kappa shape index (κ3) is 5.62. The molecule has 0 heterocycles. The van der Waals surface area contributed by atoms with Crippen LogP contribution in [0.5, 0.6) is 5.75 Å². The van der Waals surface area contributed by atoms with Gasteiger partial charge in [-0.15, -0.1) is 0 Å². The highest BCUT2D eigenvalue weighted by molar-refractivity contribution is 7.89. The number of hydrogen-bond acceptors (Lipinski definition) is 5. The Labute approximate surface area is 147 Å². The summed E-state index contributed by atoms with van der Waals surface area (Å²) in [4.78, 5) is 11.9. The standard InChI is InChI=1S/C15H23ClN2O5S/c1-4-18(11-15(19)17-8-9-22-3)24(20,21)12-6-7-14(23-5-2)13(16)10-12/h6-7,10H,4-5,8-9,11H2,1-3H3,(H,17,19). The molecule has 0 saturated carbocycles. The Kier molecular flexibility index (Phi) is 8.47. The molecule has 0 aliphatic heterocycles. The number of halogens is 1. The van der Waals surface area contributed by atoms with E-state index < -0.39 is 15.9 Å². The molecule has 1 rings (SSSR count). The predicted octanol–water partition coefficient (Wildman–Crippen LogP) is 1.51. The van der Waals surface area contributed by atoms with Crippen LogP contribution in [0.3, 0.4) is 0 Å². The van der Waals surface area contributed by atoms with Crippen molar-refractivity contribution in [1.29, 1.82) is 0 Å². The summed E-state index contributed by atoms with van der Waals surface area (Å²) in [5, 5.41) is 2.80. The number of sulfonamides is 1. The normalized spacial score (nSPS) is 11.5. The van der Waals surface area contributed by atoms with Crippen LogP contribution in [-0.2, 0) is 19.6 Å². The third-order valence-corrected chi connectivity index (χ3v) is 5.35. The first-order valence-electron chi connectivity index (χ1n) is 7.54. The van der Waals surface area contributed by atoms with Crippen molar-refractivity contribution in [2.75, 3.05) is 40.0 Å². The van der Waals surface area contributed by atoms with E-state index in [9.17, 15) is 13.2 Å². The molecule has 1 aromatic carbocycles. The number of nitrogens with zero attached hydrogens (tertiary/aromatic N) is 1. The van der Waals surface area contributed by atoms with Gasteiger partial charge in [-0.1, -0.05) is 18.5 Å². The van der Waals surface area contributed by atoms with Crippen LogP contribution >= 0.6 is 11.6 Å². The van der Waals surface area contributed by atoms with Crippen molar-refractivity contribution < 1.29 is 22.7 Å². The first kappa shape index (κ1) is 20.7. The molecule has 1 N–H and O–H groups in total. The quantitative estimate of drug-likeness (QED) is 0.624. The molecule has 0 radical (unpaired) electrons. The zero-order chi connectivity index (χ0) is 18.2.